The lowest BCUT2D eigenvalue weighted by molar-refractivity contribution is 0.174. The summed E-state index contributed by atoms with van der Waals surface area (Å²) in [5, 5.41) is 0. The predicted molar refractivity (Wildman–Crippen MR) is 114 cm³/mol. The van der Waals surface area contributed by atoms with Crippen LogP contribution in [0.25, 0.3) is 0 Å². The van der Waals surface area contributed by atoms with Gasteiger partial charge in [-0.3, -0.25) is 14.9 Å². The van der Waals surface area contributed by atoms with Gasteiger partial charge >= 0.3 is 0 Å². The van der Waals surface area contributed by atoms with Crippen molar-refractivity contribution < 1.29 is 9.47 Å². The van der Waals surface area contributed by atoms with Crippen LogP contribution < -0.4 is 14.4 Å². The zero-order valence-corrected chi connectivity index (χ0v) is 16.8. The van der Waals surface area contributed by atoms with Crippen LogP contribution in [0.2, 0.25) is 0 Å². The highest BCUT2D eigenvalue weighted by Crippen LogP contribution is 2.46. The minimum atomic E-state index is 0.0850. The van der Waals surface area contributed by atoms with Crippen LogP contribution in [0.3, 0.4) is 0 Å². The summed E-state index contributed by atoms with van der Waals surface area (Å²) in [6, 6.07) is 16.7. The van der Waals surface area contributed by atoms with E-state index < -0.39 is 0 Å². The molecule has 0 aliphatic carbocycles. The van der Waals surface area contributed by atoms with Crippen LogP contribution in [0.4, 0.5) is 5.69 Å². The average Bonchev–Trinajstić information content (AvgIpc) is 3.48. The van der Waals surface area contributed by atoms with Gasteiger partial charge < -0.3 is 14.4 Å². The number of hydrogen-bond donors (Lipinski definition) is 0. The summed E-state index contributed by atoms with van der Waals surface area (Å²) in [7, 11) is 0. The van der Waals surface area contributed by atoms with Gasteiger partial charge in [-0.05, 0) is 54.9 Å². The number of nitrogens with zero attached hydrogens (tertiary/aromatic N) is 4. The lowest BCUT2D eigenvalue weighted by atomic mass is 9.85. The lowest BCUT2D eigenvalue weighted by Gasteiger charge is -2.26. The van der Waals surface area contributed by atoms with Gasteiger partial charge in [0.25, 0.3) is 0 Å². The molecule has 0 amide bonds. The highest BCUT2D eigenvalue weighted by atomic mass is 16.7. The van der Waals surface area contributed by atoms with Crippen LogP contribution in [0.1, 0.15) is 23.4 Å². The molecule has 0 saturated carbocycles. The SMILES string of the molecule is c1ccc(CN2C[C@@]3(CCN(Cc4ccc5c(c4)OCO5)C3)c3ncccc32)nc1. The molecule has 0 unspecified atom stereocenters. The Bertz CT molecular complexity index is 1070. The molecular formula is C24H24N4O2. The maximum absolute atomic E-state index is 5.55. The molecule has 1 atom stereocenters. The van der Waals surface area contributed by atoms with Gasteiger partial charge in [0.1, 0.15) is 0 Å². The minimum absolute atomic E-state index is 0.0850. The van der Waals surface area contributed by atoms with Gasteiger partial charge in [-0.2, -0.15) is 0 Å². The first-order chi connectivity index (χ1) is 14.8. The van der Waals surface area contributed by atoms with Crippen molar-refractivity contribution in [2.24, 2.45) is 0 Å². The Balaban J connectivity index is 1.23. The number of likely N-dealkylation sites (tertiary alicyclic amines) is 1. The fourth-order valence-corrected chi connectivity index (χ4v) is 5.13. The summed E-state index contributed by atoms with van der Waals surface area (Å²) in [5.41, 5.74) is 4.95. The fraction of sp³-hybridized carbons (Fsp3) is 0.333. The maximum atomic E-state index is 5.55. The van der Waals surface area contributed by atoms with E-state index in [1.165, 1.54) is 16.9 Å². The van der Waals surface area contributed by atoms with E-state index in [0.29, 0.717) is 6.79 Å². The van der Waals surface area contributed by atoms with Crippen molar-refractivity contribution in [3.8, 4) is 11.5 Å². The number of benzene rings is 1. The van der Waals surface area contributed by atoms with Crippen LogP contribution in [0.15, 0.2) is 60.9 Å². The molecule has 1 saturated heterocycles. The molecule has 0 radical (unpaired) electrons. The van der Waals surface area contributed by atoms with Gasteiger partial charge in [0.15, 0.2) is 11.5 Å². The monoisotopic (exact) mass is 400 g/mol. The van der Waals surface area contributed by atoms with E-state index in [2.05, 4.69) is 45.1 Å². The highest BCUT2D eigenvalue weighted by molar-refractivity contribution is 5.60. The van der Waals surface area contributed by atoms with Gasteiger partial charge in [0, 0.05) is 37.4 Å². The molecule has 0 N–H and O–H groups in total. The Hall–Kier alpha value is -3.12. The van der Waals surface area contributed by atoms with E-state index in [-0.39, 0.29) is 5.41 Å². The van der Waals surface area contributed by atoms with Gasteiger partial charge in [0.2, 0.25) is 6.79 Å². The third-order valence-electron chi connectivity index (χ3n) is 6.48. The van der Waals surface area contributed by atoms with E-state index >= 15 is 0 Å². The molecule has 5 heterocycles. The predicted octanol–water partition coefficient (Wildman–Crippen LogP) is 3.37. The van der Waals surface area contributed by atoms with E-state index in [1.807, 2.05) is 30.6 Å². The van der Waals surface area contributed by atoms with Crippen LogP contribution in [-0.2, 0) is 18.5 Å². The summed E-state index contributed by atoms with van der Waals surface area (Å²) in [6.45, 7) is 5.14. The number of anilines is 1. The van der Waals surface area contributed by atoms with E-state index in [0.717, 1.165) is 56.3 Å². The molecule has 1 fully saturated rings. The van der Waals surface area contributed by atoms with Crippen LogP contribution in [0, 0.1) is 0 Å². The Kier molecular flexibility index (Phi) is 4.13. The molecule has 0 bridgehead atoms. The Labute approximate surface area is 176 Å². The molecule has 3 aliphatic rings. The van der Waals surface area contributed by atoms with Crippen molar-refractivity contribution >= 4 is 5.69 Å². The molecule has 1 aromatic carbocycles. The van der Waals surface area contributed by atoms with Crippen molar-refractivity contribution in [3.05, 3.63) is 77.9 Å². The van der Waals surface area contributed by atoms with Crippen LogP contribution in [0.5, 0.6) is 11.5 Å². The molecule has 6 heteroatoms. The molecule has 1 spiro atoms. The topological polar surface area (TPSA) is 50.7 Å². The molecular weight excluding hydrogens is 376 g/mol. The third-order valence-corrected chi connectivity index (χ3v) is 6.48. The summed E-state index contributed by atoms with van der Waals surface area (Å²) in [6.07, 6.45) is 4.93. The minimum Gasteiger partial charge on any atom is -0.454 e. The van der Waals surface area contributed by atoms with Gasteiger partial charge in [-0.1, -0.05) is 12.1 Å². The van der Waals surface area contributed by atoms with E-state index in [4.69, 9.17) is 14.5 Å². The van der Waals surface area contributed by atoms with Crippen molar-refractivity contribution in [1.82, 2.24) is 14.9 Å². The first-order valence-electron chi connectivity index (χ1n) is 10.5. The van der Waals surface area contributed by atoms with E-state index in [9.17, 15) is 0 Å². The van der Waals surface area contributed by atoms with Gasteiger partial charge in [0.05, 0.1) is 23.6 Å². The quantitative estimate of drug-likeness (QED) is 0.669. The van der Waals surface area contributed by atoms with Crippen molar-refractivity contribution in [3.63, 3.8) is 0 Å². The number of rotatable bonds is 4. The number of ether oxygens (including phenoxy) is 2. The zero-order valence-electron chi connectivity index (χ0n) is 16.8. The Morgan fingerprint density at radius 3 is 2.77 bits per heavy atom. The largest absolute Gasteiger partial charge is 0.454 e. The molecule has 2 aromatic heterocycles. The molecule has 3 aliphatic heterocycles. The first-order valence-corrected chi connectivity index (χ1v) is 10.5. The van der Waals surface area contributed by atoms with Gasteiger partial charge in [-0.25, -0.2) is 0 Å². The average molecular weight is 400 g/mol. The molecule has 3 aromatic rings. The smallest absolute Gasteiger partial charge is 0.231 e. The molecule has 30 heavy (non-hydrogen) atoms. The fourth-order valence-electron chi connectivity index (χ4n) is 5.13. The highest BCUT2D eigenvalue weighted by Gasteiger charge is 2.48. The maximum Gasteiger partial charge on any atom is 0.231 e. The summed E-state index contributed by atoms with van der Waals surface area (Å²) >= 11 is 0. The Morgan fingerprint density at radius 2 is 1.83 bits per heavy atom. The summed E-state index contributed by atoms with van der Waals surface area (Å²) < 4.78 is 11.0. The number of fused-ring (bicyclic) bond motifs is 3. The van der Waals surface area contributed by atoms with Crippen molar-refractivity contribution in [1.29, 1.82) is 0 Å². The summed E-state index contributed by atoms with van der Waals surface area (Å²) in [5.74, 6) is 1.70. The third kappa shape index (κ3) is 2.99. The first kappa shape index (κ1) is 17.7. The van der Waals surface area contributed by atoms with Crippen LogP contribution in [-0.4, -0.2) is 41.3 Å². The standard InChI is InChI=1S/C24H24N4O2/c1-2-9-25-19(4-1)14-28-16-24(23-20(28)5-3-10-26-23)8-11-27(15-24)13-18-6-7-21-22(12-18)30-17-29-21/h1-7,9-10,12H,8,11,13-17H2/t24-/m0/s1. The normalized spacial score (nSPS) is 22.1. The van der Waals surface area contributed by atoms with Crippen LogP contribution >= 0.6 is 0 Å². The molecule has 6 nitrogen and oxygen atoms in total. The Morgan fingerprint density at radius 1 is 0.900 bits per heavy atom. The number of hydrogen-bond acceptors (Lipinski definition) is 6. The van der Waals surface area contributed by atoms with Crippen molar-refractivity contribution in [2.75, 3.05) is 31.3 Å². The second kappa shape index (κ2) is 6.99. The lowest BCUT2D eigenvalue weighted by Crippen LogP contribution is -2.36. The van der Waals surface area contributed by atoms with Gasteiger partial charge in [-0.15, -0.1) is 0 Å². The van der Waals surface area contributed by atoms with Crippen molar-refractivity contribution in [2.45, 2.75) is 24.9 Å². The number of pyridine rings is 2. The second-order valence-electron chi connectivity index (χ2n) is 8.48. The number of aromatic nitrogens is 2. The molecule has 152 valence electrons. The second-order valence-corrected chi connectivity index (χ2v) is 8.48. The summed E-state index contributed by atoms with van der Waals surface area (Å²) in [4.78, 5) is 14.4. The molecule has 6 rings (SSSR count). The van der Waals surface area contributed by atoms with E-state index in [1.54, 1.807) is 0 Å². The zero-order chi connectivity index (χ0) is 20.0.